The summed E-state index contributed by atoms with van der Waals surface area (Å²) in [7, 11) is 0. The van der Waals surface area contributed by atoms with Crippen LogP contribution in [0.4, 0.5) is 10.5 Å². The number of phenolic OH excluding ortho intramolecular Hbond substituents is 1. The summed E-state index contributed by atoms with van der Waals surface area (Å²) < 4.78 is 5.48. The smallest absolute Gasteiger partial charge is 0.408 e. The number of nitrogens with zero attached hydrogens (tertiary/aromatic N) is 1. The lowest BCUT2D eigenvalue weighted by Gasteiger charge is -2.45. The zero-order valence-corrected chi connectivity index (χ0v) is 25.7. The molecule has 2 atom stereocenters. The molecule has 220 valence electrons. The SMILES string of the molecule is CCC(C)(C)N(C(=O)C(CC(C)C)NC(=O)OC(C)(C)C)C(C(=O)Nc1ccccc1C)c1ccc(O)c(C)c1. The van der Waals surface area contributed by atoms with Gasteiger partial charge in [-0.2, -0.15) is 0 Å². The van der Waals surface area contributed by atoms with Gasteiger partial charge in [0, 0.05) is 11.2 Å². The van der Waals surface area contributed by atoms with Crippen molar-refractivity contribution < 1.29 is 24.2 Å². The number of phenols is 1. The fourth-order valence-electron chi connectivity index (χ4n) is 4.44. The van der Waals surface area contributed by atoms with E-state index in [2.05, 4.69) is 10.6 Å². The lowest BCUT2D eigenvalue weighted by Crippen LogP contribution is -2.59. The second-order valence-corrected chi connectivity index (χ2v) is 12.5. The predicted molar refractivity (Wildman–Crippen MR) is 159 cm³/mol. The Balaban J connectivity index is 2.69. The molecule has 40 heavy (non-hydrogen) atoms. The van der Waals surface area contributed by atoms with Gasteiger partial charge in [0.1, 0.15) is 23.4 Å². The molecule has 0 fully saturated rings. The summed E-state index contributed by atoms with van der Waals surface area (Å²) in [4.78, 5) is 43.0. The molecule has 3 N–H and O–H groups in total. The molecular weight excluding hydrogens is 506 g/mol. The number of carbonyl (C=O) groups is 3. The highest BCUT2D eigenvalue weighted by atomic mass is 16.6. The van der Waals surface area contributed by atoms with E-state index in [9.17, 15) is 19.5 Å². The molecule has 8 nitrogen and oxygen atoms in total. The second-order valence-electron chi connectivity index (χ2n) is 12.5. The van der Waals surface area contributed by atoms with Gasteiger partial charge in [0.05, 0.1) is 0 Å². The van der Waals surface area contributed by atoms with Gasteiger partial charge in [-0.15, -0.1) is 0 Å². The van der Waals surface area contributed by atoms with Crippen molar-refractivity contribution in [3.8, 4) is 5.75 Å². The van der Waals surface area contributed by atoms with E-state index in [4.69, 9.17) is 4.74 Å². The van der Waals surface area contributed by atoms with Crippen LogP contribution in [0.1, 0.15) is 91.0 Å². The lowest BCUT2D eigenvalue weighted by atomic mass is 9.90. The van der Waals surface area contributed by atoms with Crippen LogP contribution in [0, 0.1) is 19.8 Å². The van der Waals surface area contributed by atoms with Crippen LogP contribution < -0.4 is 10.6 Å². The average Bonchev–Trinajstić information content (AvgIpc) is 2.83. The predicted octanol–water partition coefficient (Wildman–Crippen LogP) is 6.65. The number of amides is 3. The minimum atomic E-state index is -1.04. The Kier molecular flexibility index (Phi) is 10.8. The molecule has 0 saturated heterocycles. The molecule has 3 amide bonds. The minimum absolute atomic E-state index is 0.0747. The molecule has 0 aromatic heterocycles. The third kappa shape index (κ3) is 8.73. The van der Waals surface area contributed by atoms with Crippen LogP contribution in [-0.4, -0.2) is 45.1 Å². The van der Waals surface area contributed by atoms with Gasteiger partial charge >= 0.3 is 6.09 Å². The Bertz CT molecular complexity index is 1200. The fourth-order valence-corrected chi connectivity index (χ4v) is 4.44. The number of ether oxygens (including phenoxy) is 1. The standard InChI is InChI=1S/C32H47N3O5/c1-11-32(9,10)35(29(38)25(18-20(2)3)34-30(39)40-31(6,7)8)27(23-16-17-26(36)22(5)19-23)28(37)33-24-15-13-12-14-21(24)4/h12-17,19-20,25,27,36H,11,18H2,1-10H3,(H,33,37)(H,34,39). The van der Waals surface area contributed by atoms with Crippen LogP contribution in [0.5, 0.6) is 5.75 Å². The van der Waals surface area contributed by atoms with Crippen LogP contribution in [0.25, 0.3) is 0 Å². The van der Waals surface area contributed by atoms with Crippen molar-refractivity contribution >= 4 is 23.6 Å². The van der Waals surface area contributed by atoms with Crippen LogP contribution in [0.2, 0.25) is 0 Å². The highest BCUT2D eigenvalue weighted by Crippen LogP contribution is 2.35. The first kappa shape index (κ1) is 32.7. The summed E-state index contributed by atoms with van der Waals surface area (Å²) in [5.74, 6) is -0.610. The van der Waals surface area contributed by atoms with Gasteiger partial charge in [0.2, 0.25) is 5.91 Å². The summed E-state index contributed by atoms with van der Waals surface area (Å²) in [6.07, 6.45) is 0.210. The van der Waals surface area contributed by atoms with Gasteiger partial charge in [0.25, 0.3) is 5.91 Å². The van der Waals surface area contributed by atoms with Gasteiger partial charge in [0.15, 0.2) is 0 Å². The van der Waals surface area contributed by atoms with E-state index >= 15 is 0 Å². The Morgan fingerprint density at radius 2 is 1.60 bits per heavy atom. The summed E-state index contributed by atoms with van der Waals surface area (Å²) in [6, 6.07) is 10.4. The third-order valence-electron chi connectivity index (χ3n) is 6.90. The maximum absolute atomic E-state index is 14.5. The first-order valence-corrected chi connectivity index (χ1v) is 14.0. The van der Waals surface area contributed by atoms with Crippen LogP contribution in [0.3, 0.4) is 0 Å². The molecule has 0 aliphatic heterocycles. The Labute approximate surface area is 239 Å². The molecule has 0 bridgehead atoms. The van der Waals surface area contributed by atoms with E-state index in [0.29, 0.717) is 29.7 Å². The molecule has 2 unspecified atom stereocenters. The van der Waals surface area contributed by atoms with Gasteiger partial charge in [-0.05, 0) is 102 Å². The van der Waals surface area contributed by atoms with E-state index < -0.39 is 35.2 Å². The maximum atomic E-state index is 14.5. The monoisotopic (exact) mass is 553 g/mol. The second kappa shape index (κ2) is 13.2. The highest BCUT2D eigenvalue weighted by molar-refractivity contribution is 5.99. The average molecular weight is 554 g/mol. The van der Waals surface area contributed by atoms with Crippen molar-refractivity contribution in [1.82, 2.24) is 10.2 Å². The van der Waals surface area contributed by atoms with Crippen LogP contribution in [-0.2, 0) is 14.3 Å². The van der Waals surface area contributed by atoms with Crippen molar-refractivity contribution in [2.75, 3.05) is 5.32 Å². The molecule has 0 radical (unpaired) electrons. The van der Waals surface area contributed by atoms with Crippen LogP contribution in [0.15, 0.2) is 42.5 Å². The zero-order chi connectivity index (χ0) is 30.4. The van der Waals surface area contributed by atoms with Gasteiger partial charge in [-0.1, -0.05) is 45.0 Å². The summed E-state index contributed by atoms with van der Waals surface area (Å²) in [5, 5.41) is 16.0. The Hall–Kier alpha value is -3.55. The summed E-state index contributed by atoms with van der Waals surface area (Å²) in [5.41, 5.74) is 1.14. The van der Waals surface area contributed by atoms with E-state index in [-0.39, 0.29) is 17.6 Å². The van der Waals surface area contributed by atoms with Crippen LogP contribution >= 0.6 is 0 Å². The largest absolute Gasteiger partial charge is 0.508 e. The number of aromatic hydroxyl groups is 1. The van der Waals surface area contributed by atoms with Gasteiger partial charge < -0.3 is 25.4 Å². The summed E-state index contributed by atoms with van der Waals surface area (Å²) >= 11 is 0. The molecule has 0 heterocycles. The number of nitrogens with one attached hydrogen (secondary N) is 2. The quantitative estimate of drug-likeness (QED) is 0.305. The van der Waals surface area contributed by atoms with Crippen molar-refractivity contribution in [3.05, 3.63) is 59.2 Å². The maximum Gasteiger partial charge on any atom is 0.408 e. The van der Waals surface area contributed by atoms with Crippen molar-refractivity contribution in [2.24, 2.45) is 5.92 Å². The minimum Gasteiger partial charge on any atom is -0.508 e. The first-order chi connectivity index (χ1) is 18.5. The number of alkyl carbamates (subject to hydrolysis) is 1. The fraction of sp³-hybridized carbons (Fsp3) is 0.531. The van der Waals surface area contributed by atoms with Crippen molar-refractivity contribution in [1.29, 1.82) is 0 Å². The van der Waals surface area contributed by atoms with Crippen molar-refractivity contribution in [2.45, 2.75) is 105 Å². The van der Waals surface area contributed by atoms with E-state index in [1.807, 2.05) is 65.8 Å². The third-order valence-corrected chi connectivity index (χ3v) is 6.90. The highest BCUT2D eigenvalue weighted by Gasteiger charge is 2.43. The molecule has 0 aliphatic rings. The Morgan fingerprint density at radius 1 is 0.975 bits per heavy atom. The number of rotatable bonds is 10. The number of anilines is 1. The lowest BCUT2D eigenvalue weighted by molar-refractivity contribution is -0.148. The number of aryl methyl sites for hydroxylation is 2. The number of hydrogen-bond donors (Lipinski definition) is 3. The Morgan fingerprint density at radius 3 is 2.12 bits per heavy atom. The molecule has 2 aromatic carbocycles. The van der Waals surface area contributed by atoms with Crippen molar-refractivity contribution in [3.63, 3.8) is 0 Å². The first-order valence-electron chi connectivity index (χ1n) is 14.0. The molecular formula is C32H47N3O5. The van der Waals surface area contributed by atoms with E-state index in [0.717, 1.165) is 5.56 Å². The molecule has 0 spiro atoms. The van der Waals surface area contributed by atoms with E-state index in [1.165, 1.54) is 6.07 Å². The molecule has 2 rings (SSSR count). The van der Waals surface area contributed by atoms with Gasteiger partial charge in [-0.3, -0.25) is 9.59 Å². The molecule has 0 aliphatic carbocycles. The molecule has 2 aromatic rings. The number of para-hydroxylation sites is 1. The topological polar surface area (TPSA) is 108 Å². The normalized spacial score (nSPS) is 13.4. The summed E-state index contributed by atoms with van der Waals surface area (Å²) in [6.45, 7) is 18.6. The van der Waals surface area contributed by atoms with E-state index in [1.54, 1.807) is 44.7 Å². The van der Waals surface area contributed by atoms with Gasteiger partial charge in [-0.25, -0.2) is 4.79 Å². The molecule has 8 heteroatoms. The zero-order valence-electron chi connectivity index (χ0n) is 25.7. The number of carbonyl (C=O) groups excluding carboxylic acids is 3. The number of benzene rings is 2. The molecule has 0 saturated carbocycles. The number of hydrogen-bond acceptors (Lipinski definition) is 5.